The van der Waals surface area contributed by atoms with E-state index in [1.165, 1.54) is 0 Å². The van der Waals surface area contributed by atoms with Crippen LogP contribution in [0.25, 0.3) is 0 Å². The van der Waals surface area contributed by atoms with Crippen LogP contribution in [0.2, 0.25) is 0 Å². The van der Waals surface area contributed by atoms with Crippen LogP contribution in [-0.4, -0.2) is 73.5 Å². The number of hydrogen-bond donors (Lipinski definition) is 5. The molecule has 0 aromatic rings. The highest BCUT2D eigenvalue weighted by atomic mass is 16.5. The summed E-state index contributed by atoms with van der Waals surface area (Å²) < 4.78 is 5.12. The molecule has 7 N–H and O–H groups in total. The van der Waals surface area contributed by atoms with Crippen LogP contribution in [0.5, 0.6) is 0 Å². The third-order valence-electron chi connectivity index (χ3n) is 6.58. The van der Waals surface area contributed by atoms with Crippen LogP contribution in [0.3, 0.4) is 0 Å². The molecule has 37 heavy (non-hydrogen) atoms. The minimum absolute atomic E-state index is 0.0608. The maximum Gasteiger partial charge on any atom is 0.312 e. The molecule has 11 nitrogen and oxygen atoms in total. The van der Waals surface area contributed by atoms with E-state index in [1.54, 1.807) is 25.0 Å². The Labute approximate surface area is 220 Å². The van der Waals surface area contributed by atoms with Crippen molar-refractivity contribution in [2.45, 2.75) is 71.0 Å². The van der Waals surface area contributed by atoms with Crippen molar-refractivity contribution in [1.82, 2.24) is 20.9 Å². The van der Waals surface area contributed by atoms with Gasteiger partial charge >= 0.3 is 6.03 Å². The van der Waals surface area contributed by atoms with E-state index in [0.29, 0.717) is 32.2 Å². The summed E-state index contributed by atoms with van der Waals surface area (Å²) in [7, 11) is 1.59. The second kappa shape index (κ2) is 16.4. The summed E-state index contributed by atoms with van der Waals surface area (Å²) in [5.41, 5.74) is 11.7. The van der Waals surface area contributed by atoms with E-state index in [1.807, 2.05) is 26.0 Å². The molecule has 1 aliphatic rings. The third kappa shape index (κ3) is 10.3. The number of carbonyl (C=O) groups excluding carboxylic acids is 4. The first kappa shape index (κ1) is 31.7. The van der Waals surface area contributed by atoms with Gasteiger partial charge in [-0.15, -0.1) is 0 Å². The lowest BCUT2D eigenvalue weighted by molar-refractivity contribution is -0.145. The van der Waals surface area contributed by atoms with E-state index in [4.69, 9.17) is 16.2 Å². The summed E-state index contributed by atoms with van der Waals surface area (Å²) in [5.74, 6) is -0.641. The Morgan fingerprint density at radius 2 is 1.92 bits per heavy atom. The molecule has 0 radical (unpaired) electrons. The van der Waals surface area contributed by atoms with Gasteiger partial charge in [-0.1, -0.05) is 25.7 Å². The Balaban J connectivity index is 3.06. The number of hydrogen-bond acceptors (Lipinski definition) is 6. The molecule has 0 saturated carbocycles. The van der Waals surface area contributed by atoms with E-state index in [9.17, 15) is 19.2 Å². The average Bonchev–Trinajstić information content (AvgIpc) is 3.00. The van der Waals surface area contributed by atoms with Crippen LogP contribution in [-0.2, 0) is 19.1 Å². The highest BCUT2D eigenvalue weighted by Gasteiger charge is 2.42. The second-order valence-electron chi connectivity index (χ2n) is 9.12. The number of amides is 5. The predicted molar refractivity (Wildman–Crippen MR) is 143 cm³/mol. The molecule has 0 bridgehead atoms. The molecule has 0 aliphatic carbocycles. The van der Waals surface area contributed by atoms with E-state index < -0.39 is 18.1 Å². The number of methoxy groups -OCH3 is 1. The SMILES string of the molecule is C=C/C(=C\C=C(/C)OC)CCNC(=O)C(C)N1C(=O)C(NC(=O)CCN)C(CNC(N)=O)CCC1CC. The Hall–Kier alpha value is -3.34. The molecule has 0 aromatic heterocycles. The maximum atomic E-state index is 13.8. The van der Waals surface area contributed by atoms with Gasteiger partial charge < -0.3 is 37.1 Å². The Morgan fingerprint density at radius 3 is 2.49 bits per heavy atom. The number of primary amides is 1. The van der Waals surface area contributed by atoms with E-state index in [-0.39, 0.29) is 49.2 Å². The number of allylic oxidation sites excluding steroid dienone is 4. The van der Waals surface area contributed by atoms with E-state index in [0.717, 1.165) is 11.3 Å². The smallest absolute Gasteiger partial charge is 0.312 e. The van der Waals surface area contributed by atoms with Crippen LogP contribution in [0.4, 0.5) is 4.79 Å². The zero-order chi connectivity index (χ0) is 28.0. The number of likely N-dealkylation sites (tertiary alicyclic amines) is 1. The minimum atomic E-state index is -0.913. The monoisotopic (exact) mass is 520 g/mol. The number of nitrogens with one attached hydrogen (secondary N) is 3. The molecule has 0 spiro atoms. The fourth-order valence-electron chi connectivity index (χ4n) is 4.32. The zero-order valence-corrected chi connectivity index (χ0v) is 22.5. The molecule has 1 saturated heterocycles. The standard InChI is InChI=1S/C26H44N6O5/c1-6-19(9-8-17(3)37-5)13-15-29-24(34)18(4)32-21(7-2)11-10-20(16-30-26(28)36)23(25(32)35)31-22(33)12-14-27/h6,8-9,18,20-21,23H,1,7,10-16,27H2,2-5H3,(H,29,34)(H,31,33)(H3,28,30,36)/b17-8+,19-9+. The average molecular weight is 521 g/mol. The number of nitrogens with two attached hydrogens (primary N) is 2. The van der Waals surface area contributed by atoms with Crippen LogP contribution < -0.4 is 27.4 Å². The normalized spacial score (nSPS) is 21.5. The van der Waals surface area contributed by atoms with Gasteiger partial charge in [0.05, 0.1) is 12.9 Å². The van der Waals surface area contributed by atoms with Crippen LogP contribution in [0, 0.1) is 5.92 Å². The molecule has 4 atom stereocenters. The predicted octanol–water partition coefficient (Wildman–Crippen LogP) is 1.06. The van der Waals surface area contributed by atoms with Gasteiger partial charge in [0.2, 0.25) is 17.7 Å². The number of carbonyl (C=O) groups is 4. The zero-order valence-electron chi connectivity index (χ0n) is 22.5. The molecule has 1 heterocycles. The van der Waals surface area contributed by atoms with Crippen molar-refractivity contribution in [3.05, 3.63) is 36.1 Å². The fourth-order valence-corrected chi connectivity index (χ4v) is 4.32. The molecule has 1 rings (SSSR count). The van der Waals surface area contributed by atoms with Gasteiger partial charge in [0.25, 0.3) is 0 Å². The van der Waals surface area contributed by atoms with Gasteiger partial charge in [0.1, 0.15) is 12.1 Å². The Kier molecular flexibility index (Phi) is 14.1. The van der Waals surface area contributed by atoms with Gasteiger partial charge in [-0.2, -0.15) is 0 Å². The van der Waals surface area contributed by atoms with Crippen molar-refractivity contribution in [3.63, 3.8) is 0 Å². The lowest BCUT2D eigenvalue weighted by atomic mass is 9.93. The molecule has 11 heteroatoms. The Morgan fingerprint density at radius 1 is 1.22 bits per heavy atom. The van der Waals surface area contributed by atoms with Crippen LogP contribution in [0.15, 0.2) is 36.1 Å². The van der Waals surface area contributed by atoms with Crippen LogP contribution in [0.1, 0.15) is 52.9 Å². The summed E-state index contributed by atoms with van der Waals surface area (Å²) in [6.07, 6.45) is 7.85. The molecular formula is C26H44N6O5. The first-order chi connectivity index (χ1) is 17.6. The quantitative estimate of drug-likeness (QED) is 0.169. The summed E-state index contributed by atoms with van der Waals surface area (Å²) in [5, 5.41) is 8.24. The highest BCUT2D eigenvalue weighted by Crippen LogP contribution is 2.27. The lowest BCUT2D eigenvalue weighted by Crippen LogP contribution is -2.59. The lowest BCUT2D eigenvalue weighted by Gasteiger charge is -2.36. The molecule has 5 amide bonds. The van der Waals surface area contributed by atoms with Gasteiger partial charge in [-0.05, 0) is 51.2 Å². The van der Waals surface area contributed by atoms with E-state index in [2.05, 4.69) is 22.5 Å². The number of rotatable bonds is 14. The number of ether oxygens (including phenoxy) is 1. The Bertz CT molecular complexity index is 872. The van der Waals surface area contributed by atoms with Gasteiger partial charge in [-0.25, -0.2) is 4.79 Å². The van der Waals surface area contributed by atoms with Crippen molar-refractivity contribution in [2.75, 3.05) is 26.7 Å². The largest absolute Gasteiger partial charge is 0.501 e. The highest BCUT2D eigenvalue weighted by molar-refractivity contribution is 5.92. The van der Waals surface area contributed by atoms with Crippen molar-refractivity contribution in [2.24, 2.45) is 17.4 Å². The maximum absolute atomic E-state index is 13.8. The fraction of sp³-hybridized carbons (Fsp3) is 0.615. The number of nitrogens with zero attached hydrogens (tertiary/aromatic N) is 1. The molecule has 1 fully saturated rings. The first-order valence-electron chi connectivity index (χ1n) is 12.8. The molecule has 4 unspecified atom stereocenters. The topological polar surface area (TPSA) is 169 Å². The third-order valence-corrected chi connectivity index (χ3v) is 6.58. The van der Waals surface area contributed by atoms with Crippen molar-refractivity contribution < 1.29 is 23.9 Å². The first-order valence-corrected chi connectivity index (χ1v) is 12.8. The molecule has 208 valence electrons. The van der Waals surface area contributed by atoms with E-state index >= 15 is 0 Å². The molecule has 0 aromatic carbocycles. The summed E-state index contributed by atoms with van der Waals surface area (Å²) in [6, 6.07) is -2.59. The van der Waals surface area contributed by atoms with Crippen molar-refractivity contribution >= 4 is 23.8 Å². The second-order valence-corrected chi connectivity index (χ2v) is 9.12. The van der Waals surface area contributed by atoms with Gasteiger partial charge in [0, 0.05) is 38.0 Å². The summed E-state index contributed by atoms with van der Waals surface area (Å²) in [6.45, 7) is 9.92. The van der Waals surface area contributed by atoms with Crippen molar-refractivity contribution in [3.8, 4) is 0 Å². The van der Waals surface area contributed by atoms with Crippen LogP contribution >= 0.6 is 0 Å². The summed E-state index contributed by atoms with van der Waals surface area (Å²) in [4.78, 5) is 52.2. The molecule has 1 aliphatic heterocycles. The number of urea groups is 1. The summed E-state index contributed by atoms with van der Waals surface area (Å²) >= 11 is 0. The minimum Gasteiger partial charge on any atom is -0.501 e. The molecular weight excluding hydrogens is 476 g/mol. The van der Waals surface area contributed by atoms with Gasteiger partial charge in [0.15, 0.2) is 0 Å². The van der Waals surface area contributed by atoms with Crippen molar-refractivity contribution in [1.29, 1.82) is 0 Å². The van der Waals surface area contributed by atoms with Gasteiger partial charge in [-0.3, -0.25) is 14.4 Å².